The van der Waals surface area contributed by atoms with Gasteiger partial charge in [0.1, 0.15) is 5.82 Å². The van der Waals surface area contributed by atoms with Gasteiger partial charge in [-0.15, -0.1) is 0 Å². The van der Waals surface area contributed by atoms with Crippen molar-refractivity contribution in [1.82, 2.24) is 19.9 Å². The standard InChI is InChI=1S/C32H26N6O3/c1-36(2)20-37-27-15-9-7-13-25(27)28(32(37)41)34-35-30(39)22-16-18-23(19-17-22)38-29(21-10-4-3-5-11-21)33-26-14-8-6-12-24(26)31(38)40/h3-19H,20H2,1-2H3,(H,35,39)/b34-28-. The fourth-order valence-electron chi connectivity index (χ4n) is 4.88. The van der Waals surface area contributed by atoms with Crippen molar-refractivity contribution in [3.63, 3.8) is 0 Å². The minimum Gasteiger partial charge on any atom is -0.293 e. The van der Waals surface area contributed by atoms with Crippen LogP contribution in [0.2, 0.25) is 0 Å². The van der Waals surface area contributed by atoms with E-state index in [-0.39, 0.29) is 17.2 Å². The quantitative estimate of drug-likeness (QED) is 0.327. The molecule has 0 atom stereocenters. The summed E-state index contributed by atoms with van der Waals surface area (Å²) in [6.45, 7) is 0.387. The van der Waals surface area contributed by atoms with E-state index < -0.39 is 5.91 Å². The van der Waals surface area contributed by atoms with Crippen molar-refractivity contribution in [3.8, 4) is 17.1 Å². The summed E-state index contributed by atoms with van der Waals surface area (Å²) in [5, 5.41) is 4.70. The monoisotopic (exact) mass is 542 g/mol. The number of benzene rings is 4. The number of amides is 2. The van der Waals surface area contributed by atoms with Crippen molar-refractivity contribution in [2.24, 2.45) is 5.10 Å². The molecular weight excluding hydrogens is 516 g/mol. The van der Waals surface area contributed by atoms with E-state index in [4.69, 9.17) is 4.98 Å². The number of aromatic nitrogens is 2. The van der Waals surface area contributed by atoms with E-state index >= 15 is 0 Å². The van der Waals surface area contributed by atoms with E-state index in [0.29, 0.717) is 40.2 Å². The van der Waals surface area contributed by atoms with Crippen molar-refractivity contribution < 1.29 is 9.59 Å². The van der Waals surface area contributed by atoms with E-state index in [0.717, 1.165) is 11.3 Å². The van der Waals surface area contributed by atoms with Crippen LogP contribution in [-0.4, -0.2) is 52.7 Å². The zero-order valence-corrected chi connectivity index (χ0v) is 22.5. The smallest absolute Gasteiger partial charge is 0.280 e. The highest BCUT2D eigenvalue weighted by molar-refractivity contribution is 6.54. The lowest BCUT2D eigenvalue weighted by molar-refractivity contribution is -0.112. The predicted molar refractivity (Wildman–Crippen MR) is 159 cm³/mol. The van der Waals surface area contributed by atoms with Gasteiger partial charge in [-0.1, -0.05) is 60.7 Å². The van der Waals surface area contributed by atoms with Gasteiger partial charge < -0.3 is 0 Å². The fraction of sp³-hybridized carbons (Fsp3) is 0.0938. The molecule has 6 rings (SSSR count). The van der Waals surface area contributed by atoms with Crippen LogP contribution in [0.15, 0.2) is 113 Å². The van der Waals surface area contributed by atoms with Gasteiger partial charge >= 0.3 is 0 Å². The normalized spacial score (nSPS) is 13.7. The third-order valence-corrected chi connectivity index (χ3v) is 6.79. The van der Waals surface area contributed by atoms with Gasteiger partial charge in [0.25, 0.3) is 17.4 Å². The Morgan fingerprint density at radius 2 is 1.54 bits per heavy atom. The number of hydrogen-bond donors (Lipinski definition) is 1. The summed E-state index contributed by atoms with van der Waals surface area (Å²) in [6, 6.07) is 30.7. The first-order chi connectivity index (χ1) is 19.9. The molecule has 0 spiro atoms. The number of carbonyl (C=O) groups is 2. The first-order valence-corrected chi connectivity index (χ1v) is 13.0. The maximum atomic E-state index is 13.6. The van der Waals surface area contributed by atoms with E-state index in [1.165, 1.54) is 0 Å². The Hall–Kier alpha value is -5.41. The highest BCUT2D eigenvalue weighted by Gasteiger charge is 2.34. The maximum Gasteiger partial charge on any atom is 0.280 e. The Labute approximate surface area is 236 Å². The molecule has 9 heteroatoms. The second-order valence-corrected chi connectivity index (χ2v) is 9.88. The Bertz CT molecular complexity index is 1880. The molecule has 1 aliphatic heterocycles. The van der Waals surface area contributed by atoms with Crippen LogP contribution in [0.4, 0.5) is 5.69 Å². The molecule has 4 aromatic carbocycles. The van der Waals surface area contributed by atoms with Crippen LogP contribution < -0.4 is 15.9 Å². The summed E-state index contributed by atoms with van der Waals surface area (Å²) in [4.78, 5) is 48.0. The van der Waals surface area contributed by atoms with Crippen molar-refractivity contribution in [3.05, 3.63) is 125 Å². The minimum absolute atomic E-state index is 0.175. The molecule has 2 heterocycles. The van der Waals surface area contributed by atoms with E-state index in [1.807, 2.05) is 85.7 Å². The van der Waals surface area contributed by atoms with Crippen molar-refractivity contribution >= 4 is 34.1 Å². The second kappa shape index (κ2) is 10.6. The molecule has 1 aromatic heterocycles. The van der Waals surface area contributed by atoms with Crippen LogP contribution in [0.25, 0.3) is 28.0 Å². The molecule has 0 bridgehead atoms. The Balaban J connectivity index is 1.31. The molecule has 0 radical (unpaired) electrons. The third-order valence-electron chi connectivity index (χ3n) is 6.79. The fourth-order valence-corrected chi connectivity index (χ4v) is 4.88. The number of para-hydroxylation sites is 2. The number of hydrogen-bond acceptors (Lipinski definition) is 6. The van der Waals surface area contributed by atoms with Crippen molar-refractivity contribution in [2.45, 2.75) is 0 Å². The van der Waals surface area contributed by atoms with Crippen LogP contribution in [0.1, 0.15) is 15.9 Å². The van der Waals surface area contributed by atoms with Gasteiger partial charge in [-0.25, -0.2) is 10.4 Å². The van der Waals surface area contributed by atoms with E-state index in [1.54, 1.807) is 45.9 Å². The Morgan fingerprint density at radius 3 is 2.29 bits per heavy atom. The Morgan fingerprint density at radius 1 is 0.854 bits per heavy atom. The number of anilines is 1. The summed E-state index contributed by atoms with van der Waals surface area (Å²) in [7, 11) is 3.75. The average Bonchev–Trinajstić information content (AvgIpc) is 3.26. The summed E-state index contributed by atoms with van der Waals surface area (Å²) < 4.78 is 1.55. The molecule has 0 saturated carbocycles. The third kappa shape index (κ3) is 4.79. The zero-order chi connectivity index (χ0) is 28.5. The molecule has 41 heavy (non-hydrogen) atoms. The van der Waals surface area contributed by atoms with Gasteiger partial charge in [0.15, 0.2) is 5.71 Å². The molecule has 9 nitrogen and oxygen atoms in total. The first kappa shape index (κ1) is 25.8. The largest absolute Gasteiger partial charge is 0.293 e. The predicted octanol–water partition coefficient (Wildman–Crippen LogP) is 4.05. The average molecular weight is 543 g/mol. The van der Waals surface area contributed by atoms with Crippen LogP contribution in [-0.2, 0) is 4.79 Å². The van der Waals surface area contributed by atoms with Crippen molar-refractivity contribution in [2.75, 3.05) is 25.7 Å². The molecule has 2 amide bonds. The molecule has 202 valence electrons. The lowest BCUT2D eigenvalue weighted by Gasteiger charge is -2.21. The van der Waals surface area contributed by atoms with Gasteiger partial charge in [0, 0.05) is 16.7 Å². The van der Waals surface area contributed by atoms with E-state index in [2.05, 4.69) is 10.5 Å². The highest BCUT2D eigenvalue weighted by Crippen LogP contribution is 2.29. The van der Waals surface area contributed by atoms with Gasteiger partial charge in [-0.05, 0) is 56.6 Å². The molecule has 1 N–H and O–H groups in total. The number of hydrazone groups is 1. The van der Waals surface area contributed by atoms with Crippen molar-refractivity contribution in [1.29, 1.82) is 0 Å². The first-order valence-electron chi connectivity index (χ1n) is 13.0. The van der Waals surface area contributed by atoms with Gasteiger partial charge in [-0.3, -0.25) is 28.8 Å². The van der Waals surface area contributed by atoms with Gasteiger partial charge in [0.2, 0.25) is 0 Å². The molecular formula is C32H26N6O3. The summed E-state index contributed by atoms with van der Waals surface area (Å²) in [5.74, 6) is -0.265. The van der Waals surface area contributed by atoms with Gasteiger partial charge in [-0.2, -0.15) is 5.10 Å². The lowest BCUT2D eigenvalue weighted by Crippen LogP contribution is -2.38. The minimum atomic E-state index is -0.479. The lowest BCUT2D eigenvalue weighted by atomic mass is 10.1. The number of rotatable bonds is 6. The Kier molecular flexibility index (Phi) is 6.70. The number of nitrogens with one attached hydrogen (secondary N) is 1. The molecule has 0 unspecified atom stereocenters. The van der Waals surface area contributed by atoms with Crippen LogP contribution in [0.5, 0.6) is 0 Å². The van der Waals surface area contributed by atoms with E-state index in [9.17, 15) is 14.4 Å². The topological polar surface area (TPSA) is 99.9 Å². The molecule has 5 aromatic rings. The molecule has 1 aliphatic rings. The summed E-state index contributed by atoms with van der Waals surface area (Å²) in [6.07, 6.45) is 0. The number of nitrogens with zero attached hydrogens (tertiary/aromatic N) is 5. The molecule has 0 aliphatic carbocycles. The molecule has 0 saturated heterocycles. The van der Waals surface area contributed by atoms with Crippen LogP contribution in [0.3, 0.4) is 0 Å². The van der Waals surface area contributed by atoms with Crippen LogP contribution in [0, 0.1) is 0 Å². The van der Waals surface area contributed by atoms with Gasteiger partial charge in [0.05, 0.1) is 28.9 Å². The van der Waals surface area contributed by atoms with Crippen LogP contribution >= 0.6 is 0 Å². The molecule has 0 fully saturated rings. The zero-order valence-electron chi connectivity index (χ0n) is 22.5. The maximum absolute atomic E-state index is 13.6. The highest BCUT2D eigenvalue weighted by atomic mass is 16.2. The SMILES string of the molecule is CN(C)CN1C(=O)/C(=N\NC(=O)c2ccc(-n3c(-c4ccccc4)nc4ccccc4c3=O)cc2)c2ccccc21. The summed E-state index contributed by atoms with van der Waals surface area (Å²) >= 11 is 0. The second-order valence-electron chi connectivity index (χ2n) is 9.88. The summed E-state index contributed by atoms with van der Waals surface area (Å²) in [5.41, 5.74) is 6.18. The number of carbonyl (C=O) groups excluding carboxylic acids is 2. The number of fused-ring (bicyclic) bond motifs is 2.